The summed E-state index contributed by atoms with van der Waals surface area (Å²) in [6.45, 7) is 5.96. The molecule has 1 aromatic heterocycles. The number of β-amino-alcohol motifs (C(OH)–C–C–N with tert-alkyl or cyclic N) is 1. The number of sulfonamides is 1. The van der Waals surface area contributed by atoms with Gasteiger partial charge in [0.1, 0.15) is 0 Å². The third kappa shape index (κ3) is 3.81. The van der Waals surface area contributed by atoms with Gasteiger partial charge in [-0.1, -0.05) is 5.21 Å². The molecule has 0 aliphatic carbocycles. The molecule has 0 saturated carbocycles. The van der Waals surface area contributed by atoms with E-state index in [0.717, 1.165) is 0 Å². The van der Waals surface area contributed by atoms with Gasteiger partial charge in [0, 0.05) is 39.8 Å². The molecule has 0 radical (unpaired) electrons. The SMILES string of the molecule is Cn1nnc(Br)c1S(=O)(=O)N1CCN(CC(C)(C)O)CC1. The van der Waals surface area contributed by atoms with Crippen molar-refractivity contribution in [3.8, 4) is 0 Å². The lowest BCUT2D eigenvalue weighted by atomic mass is 10.1. The standard InChI is InChI=1S/C11H20BrN5O3S/c1-11(2,18)8-16-4-6-17(7-5-16)21(19,20)10-9(12)13-14-15(10)3/h18H,4-8H2,1-3H3. The van der Waals surface area contributed by atoms with Crippen LogP contribution in [0.25, 0.3) is 0 Å². The number of piperazine rings is 1. The minimum atomic E-state index is -3.61. The number of hydrogen-bond acceptors (Lipinski definition) is 6. The van der Waals surface area contributed by atoms with Crippen molar-refractivity contribution in [2.45, 2.75) is 24.5 Å². The van der Waals surface area contributed by atoms with Crippen LogP contribution in [0, 0.1) is 0 Å². The van der Waals surface area contributed by atoms with Crippen LogP contribution >= 0.6 is 15.9 Å². The summed E-state index contributed by atoms with van der Waals surface area (Å²) < 4.78 is 28.1. The zero-order valence-electron chi connectivity index (χ0n) is 12.3. The highest BCUT2D eigenvalue weighted by atomic mass is 79.9. The fourth-order valence-corrected chi connectivity index (χ4v) is 4.85. The van der Waals surface area contributed by atoms with Crippen LogP contribution in [0.2, 0.25) is 0 Å². The van der Waals surface area contributed by atoms with Gasteiger partial charge in [-0.05, 0) is 29.8 Å². The molecule has 2 heterocycles. The largest absolute Gasteiger partial charge is 0.389 e. The molecule has 0 amide bonds. The number of aryl methyl sites for hydroxylation is 1. The third-order valence-electron chi connectivity index (χ3n) is 3.26. The van der Waals surface area contributed by atoms with Crippen molar-refractivity contribution in [2.75, 3.05) is 32.7 Å². The Balaban J connectivity index is 2.08. The average molecular weight is 382 g/mol. The quantitative estimate of drug-likeness (QED) is 0.766. The first-order valence-electron chi connectivity index (χ1n) is 6.61. The van der Waals surface area contributed by atoms with Gasteiger partial charge in [0.05, 0.1) is 5.60 Å². The molecule has 1 aromatic rings. The maximum atomic E-state index is 12.6. The highest BCUT2D eigenvalue weighted by molar-refractivity contribution is 9.10. The van der Waals surface area contributed by atoms with Crippen molar-refractivity contribution in [1.29, 1.82) is 0 Å². The van der Waals surface area contributed by atoms with Crippen molar-refractivity contribution in [3.05, 3.63) is 4.60 Å². The highest BCUT2D eigenvalue weighted by Crippen LogP contribution is 2.23. The minimum Gasteiger partial charge on any atom is -0.389 e. The lowest BCUT2D eigenvalue weighted by Gasteiger charge is -2.36. The molecule has 1 saturated heterocycles. The Morgan fingerprint density at radius 2 is 1.86 bits per heavy atom. The number of aromatic nitrogens is 3. The second-order valence-electron chi connectivity index (χ2n) is 5.80. The van der Waals surface area contributed by atoms with Gasteiger partial charge < -0.3 is 5.11 Å². The van der Waals surface area contributed by atoms with E-state index in [1.54, 1.807) is 20.9 Å². The zero-order valence-corrected chi connectivity index (χ0v) is 14.7. The van der Waals surface area contributed by atoms with E-state index in [1.165, 1.54) is 8.99 Å². The third-order valence-corrected chi connectivity index (χ3v) is 6.05. The summed E-state index contributed by atoms with van der Waals surface area (Å²) >= 11 is 3.13. The molecular weight excluding hydrogens is 362 g/mol. The highest BCUT2D eigenvalue weighted by Gasteiger charge is 2.34. The summed E-state index contributed by atoms with van der Waals surface area (Å²) in [5.41, 5.74) is -0.782. The molecule has 1 N–H and O–H groups in total. The summed E-state index contributed by atoms with van der Waals surface area (Å²) in [6.07, 6.45) is 0. The Morgan fingerprint density at radius 3 is 2.29 bits per heavy atom. The number of aliphatic hydroxyl groups is 1. The van der Waals surface area contributed by atoms with E-state index < -0.39 is 15.6 Å². The second kappa shape index (κ2) is 5.92. The van der Waals surface area contributed by atoms with Crippen LogP contribution in [0.3, 0.4) is 0 Å². The van der Waals surface area contributed by atoms with Crippen LogP contribution in [0.5, 0.6) is 0 Å². The lowest BCUT2D eigenvalue weighted by molar-refractivity contribution is 0.0262. The summed E-state index contributed by atoms with van der Waals surface area (Å²) in [7, 11) is -2.06. The summed E-state index contributed by atoms with van der Waals surface area (Å²) in [5.74, 6) is 0. The lowest BCUT2D eigenvalue weighted by Crippen LogP contribution is -2.52. The van der Waals surface area contributed by atoms with Crippen LogP contribution in [-0.2, 0) is 17.1 Å². The first-order valence-corrected chi connectivity index (χ1v) is 8.84. The second-order valence-corrected chi connectivity index (χ2v) is 8.41. The van der Waals surface area contributed by atoms with Crippen molar-refractivity contribution >= 4 is 26.0 Å². The number of hydrogen-bond donors (Lipinski definition) is 1. The molecule has 21 heavy (non-hydrogen) atoms. The maximum absolute atomic E-state index is 12.6. The van der Waals surface area contributed by atoms with Crippen molar-refractivity contribution in [2.24, 2.45) is 7.05 Å². The van der Waals surface area contributed by atoms with Gasteiger partial charge in [-0.3, -0.25) is 4.90 Å². The number of nitrogens with zero attached hydrogens (tertiary/aromatic N) is 5. The molecule has 1 aliphatic rings. The van der Waals surface area contributed by atoms with Crippen LogP contribution < -0.4 is 0 Å². The summed E-state index contributed by atoms with van der Waals surface area (Å²) in [4.78, 5) is 2.06. The predicted octanol–water partition coefficient (Wildman–Crippen LogP) is -0.345. The van der Waals surface area contributed by atoms with E-state index in [0.29, 0.717) is 32.7 Å². The Morgan fingerprint density at radius 1 is 1.29 bits per heavy atom. The first-order chi connectivity index (χ1) is 9.61. The number of rotatable bonds is 4. The summed E-state index contributed by atoms with van der Waals surface area (Å²) in [6, 6.07) is 0. The van der Waals surface area contributed by atoms with Gasteiger partial charge in [-0.15, -0.1) is 5.10 Å². The predicted molar refractivity (Wildman–Crippen MR) is 80.2 cm³/mol. The fourth-order valence-electron chi connectivity index (χ4n) is 2.39. The normalized spacial score (nSPS) is 19.1. The summed E-state index contributed by atoms with van der Waals surface area (Å²) in [5, 5.41) is 17.3. The van der Waals surface area contributed by atoms with Crippen LogP contribution in [0.4, 0.5) is 0 Å². The van der Waals surface area contributed by atoms with Crippen molar-refractivity contribution in [1.82, 2.24) is 24.2 Å². The van der Waals surface area contributed by atoms with Gasteiger partial charge in [-0.25, -0.2) is 13.1 Å². The minimum absolute atomic E-state index is 0.0680. The van der Waals surface area contributed by atoms with E-state index in [4.69, 9.17) is 0 Å². The number of halogens is 1. The topological polar surface area (TPSA) is 91.6 Å². The Bertz CT molecular complexity index is 582. The van der Waals surface area contributed by atoms with Gasteiger partial charge in [0.15, 0.2) is 4.60 Å². The molecule has 0 unspecified atom stereocenters. The molecule has 10 heteroatoms. The van der Waals surface area contributed by atoms with Crippen LogP contribution in [0.15, 0.2) is 9.63 Å². The molecule has 8 nitrogen and oxygen atoms in total. The first kappa shape index (κ1) is 16.8. The molecule has 120 valence electrons. The Kier molecular flexibility index (Phi) is 4.74. The van der Waals surface area contributed by atoms with Crippen molar-refractivity contribution < 1.29 is 13.5 Å². The molecular formula is C11H20BrN5O3S. The molecule has 2 rings (SSSR count). The zero-order chi connectivity index (χ0) is 15.8. The Labute approximate surface area is 132 Å². The van der Waals surface area contributed by atoms with E-state index in [1.807, 2.05) is 0 Å². The van der Waals surface area contributed by atoms with Crippen molar-refractivity contribution in [3.63, 3.8) is 0 Å². The van der Waals surface area contributed by atoms with Crippen LogP contribution in [-0.4, -0.2) is 76.0 Å². The molecule has 1 fully saturated rings. The maximum Gasteiger partial charge on any atom is 0.263 e. The molecule has 0 aromatic carbocycles. The van der Waals surface area contributed by atoms with Gasteiger partial charge >= 0.3 is 0 Å². The van der Waals surface area contributed by atoms with E-state index in [-0.39, 0.29) is 9.63 Å². The van der Waals surface area contributed by atoms with Gasteiger partial charge in [0.25, 0.3) is 10.0 Å². The monoisotopic (exact) mass is 381 g/mol. The van der Waals surface area contributed by atoms with E-state index in [2.05, 4.69) is 31.1 Å². The molecule has 1 aliphatic heterocycles. The van der Waals surface area contributed by atoms with E-state index in [9.17, 15) is 13.5 Å². The van der Waals surface area contributed by atoms with Gasteiger partial charge in [-0.2, -0.15) is 4.31 Å². The molecule has 0 bridgehead atoms. The Hall–Kier alpha value is -0.550. The van der Waals surface area contributed by atoms with Gasteiger partial charge in [0.2, 0.25) is 5.03 Å². The average Bonchev–Trinajstić information content (AvgIpc) is 2.68. The smallest absolute Gasteiger partial charge is 0.263 e. The van der Waals surface area contributed by atoms with Crippen LogP contribution in [0.1, 0.15) is 13.8 Å². The molecule has 0 spiro atoms. The molecule has 0 atom stereocenters. The van der Waals surface area contributed by atoms with E-state index >= 15 is 0 Å². The fraction of sp³-hybridized carbons (Fsp3) is 0.818.